The predicted molar refractivity (Wildman–Crippen MR) is 61.5 cm³/mol. The van der Waals surface area contributed by atoms with E-state index in [4.69, 9.17) is 0 Å². The molecule has 2 rings (SSSR count). The van der Waals surface area contributed by atoms with Crippen LogP contribution in [0.2, 0.25) is 0 Å². The summed E-state index contributed by atoms with van der Waals surface area (Å²) < 4.78 is 4.57. The first-order chi connectivity index (χ1) is 7.38. The molecule has 1 aliphatic carbocycles. The van der Waals surface area contributed by atoms with Crippen molar-refractivity contribution in [3.05, 3.63) is 18.7 Å². The molecule has 0 amide bonds. The maximum atomic E-state index is 2.33. The second-order valence-corrected chi connectivity index (χ2v) is 4.77. The first-order valence-corrected chi connectivity index (χ1v) is 6.43. The minimum atomic E-state index is 0.997. The first kappa shape index (κ1) is 10.7. The second kappa shape index (κ2) is 5.34. The van der Waals surface area contributed by atoms with Gasteiger partial charge in [-0.05, 0) is 19.3 Å². The van der Waals surface area contributed by atoms with Crippen molar-refractivity contribution in [2.24, 2.45) is 5.92 Å². The molecule has 0 unspecified atom stereocenters. The molecule has 1 fully saturated rings. The summed E-state index contributed by atoms with van der Waals surface area (Å²) in [5, 5.41) is 0. The van der Waals surface area contributed by atoms with Gasteiger partial charge >= 0.3 is 0 Å². The fourth-order valence-electron chi connectivity index (χ4n) is 2.57. The van der Waals surface area contributed by atoms with E-state index in [1.807, 2.05) is 0 Å². The van der Waals surface area contributed by atoms with E-state index >= 15 is 0 Å². The van der Waals surface area contributed by atoms with Crippen LogP contribution in [0.4, 0.5) is 0 Å². The summed E-state index contributed by atoms with van der Waals surface area (Å²) in [5.74, 6) is 0.997. The van der Waals surface area contributed by atoms with Crippen molar-refractivity contribution in [3.63, 3.8) is 0 Å². The Labute approximate surface area is 92.9 Å². The molecule has 0 saturated heterocycles. The SMILES string of the molecule is CCn1cc[n+](CCC2CCCCC2)c1. The van der Waals surface area contributed by atoms with Gasteiger partial charge < -0.3 is 0 Å². The molecule has 1 saturated carbocycles. The molecular formula is C13H23N2+. The zero-order valence-corrected chi connectivity index (χ0v) is 9.86. The number of rotatable bonds is 4. The van der Waals surface area contributed by atoms with Crippen LogP contribution in [0.3, 0.4) is 0 Å². The Hall–Kier alpha value is -0.790. The lowest BCUT2D eigenvalue weighted by Gasteiger charge is -2.20. The third kappa shape index (κ3) is 3.08. The maximum absolute atomic E-state index is 2.33. The van der Waals surface area contributed by atoms with Gasteiger partial charge in [0.1, 0.15) is 12.4 Å². The Balaban J connectivity index is 1.76. The molecule has 2 heteroatoms. The molecule has 1 aliphatic rings. The van der Waals surface area contributed by atoms with Crippen LogP contribution >= 0.6 is 0 Å². The van der Waals surface area contributed by atoms with E-state index in [1.54, 1.807) is 0 Å². The molecule has 1 heterocycles. The van der Waals surface area contributed by atoms with Gasteiger partial charge in [0, 0.05) is 0 Å². The smallest absolute Gasteiger partial charge is 0.237 e. The average Bonchev–Trinajstić information content (AvgIpc) is 2.76. The topological polar surface area (TPSA) is 8.81 Å². The van der Waals surface area contributed by atoms with Crippen LogP contribution in [0.15, 0.2) is 18.7 Å². The van der Waals surface area contributed by atoms with Crippen LogP contribution < -0.4 is 4.57 Å². The Bertz CT molecular complexity index is 284. The van der Waals surface area contributed by atoms with Crippen LogP contribution in [-0.4, -0.2) is 4.57 Å². The summed E-state index contributed by atoms with van der Waals surface area (Å²) in [6, 6.07) is 0. The fourth-order valence-corrected chi connectivity index (χ4v) is 2.57. The maximum Gasteiger partial charge on any atom is 0.243 e. The number of hydrogen-bond acceptors (Lipinski definition) is 0. The summed E-state index contributed by atoms with van der Waals surface area (Å²) >= 11 is 0. The molecule has 0 N–H and O–H groups in total. The standard InChI is InChI=1S/C13H23N2/c1-2-14-10-11-15(12-14)9-8-13-6-4-3-5-7-13/h10-13H,2-9H2,1H3/q+1. The van der Waals surface area contributed by atoms with Gasteiger partial charge in [-0.1, -0.05) is 32.1 Å². The molecule has 0 radical (unpaired) electrons. The van der Waals surface area contributed by atoms with Gasteiger partial charge in [0.2, 0.25) is 6.33 Å². The molecular weight excluding hydrogens is 184 g/mol. The Kier molecular flexibility index (Phi) is 3.81. The number of imidazole rings is 1. The van der Waals surface area contributed by atoms with Crippen molar-refractivity contribution in [3.8, 4) is 0 Å². The highest BCUT2D eigenvalue weighted by molar-refractivity contribution is 4.66. The van der Waals surface area contributed by atoms with Gasteiger partial charge in [0.25, 0.3) is 0 Å². The number of hydrogen-bond donors (Lipinski definition) is 0. The zero-order valence-electron chi connectivity index (χ0n) is 9.86. The van der Waals surface area contributed by atoms with E-state index < -0.39 is 0 Å². The summed E-state index contributed by atoms with van der Waals surface area (Å²) in [7, 11) is 0. The van der Waals surface area contributed by atoms with Crippen molar-refractivity contribution in [1.29, 1.82) is 0 Å². The fraction of sp³-hybridized carbons (Fsp3) is 0.769. The molecule has 0 aliphatic heterocycles. The van der Waals surface area contributed by atoms with Crippen molar-refractivity contribution in [2.75, 3.05) is 0 Å². The van der Waals surface area contributed by atoms with Gasteiger partial charge in [-0.2, -0.15) is 0 Å². The van der Waals surface area contributed by atoms with E-state index in [1.165, 1.54) is 45.1 Å². The highest BCUT2D eigenvalue weighted by Crippen LogP contribution is 2.25. The summed E-state index contributed by atoms with van der Waals surface area (Å²) in [5.41, 5.74) is 0. The highest BCUT2D eigenvalue weighted by Gasteiger charge is 2.14. The summed E-state index contributed by atoms with van der Waals surface area (Å²) in [6.45, 7) is 4.47. The quantitative estimate of drug-likeness (QED) is 0.671. The van der Waals surface area contributed by atoms with Crippen molar-refractivity contribution in [1.82, 2.24) is 4.57 Å². The third-order valence-corrected chi connectivity index (χ3v) is 3.63. The summed E-state index contributed by atoms with van der Waals surface area (Å²) in [4.78, 5) is 0. The van der Waals surface area contributed by atoms with E-state index in [0.717, 1.165) is 12.5 Å². The van der Waals surface area contributed by atoms with Crippen molar-refractivity contribution in [2.45, 2.75) is 58.5 Å². The van der Waals surface area contributed by atoms with E-state index in [0.29, 0.717) is 0 Å². The van der Waals surface area contributed by atoms with E-state index in [-0.39, 0.29) is 0 Å². The first-order valence-electron chi connectivity index (χ1n) is 6.43. The largest absolute Gasteiger partial charge is 0.243 e. The number of nitrogens with zero attached hydrogens (tertiary/aromatic N) is 2. The molecule has 15 heavy (non-hydrogen) atoms. The molecule has 1 aromatic heterocycles. The van der Waals surface area contributed by atoms with Gasteiger partial charge in [0.15, 0.2) is 0 Å². The van der Waals surface area contributed by atoms with Crippen LogP contribution in [0.5, 0.6) is 0 Å². The predicted octanol–water partition coefficient (Wildman–Crippen LogP) is 2.77. The minimum absolute atomic E-state index is 0.997. The third-order valence-electron chi connectivity index (χ3n) is 3.63. The molecule has 0 spiro atoms. The highest BCUT2D eigenvalue weighted by atomic mass is 15.1. The zero-order chi connectivity index (χ0) is 10.5. The van der Waals surface area contributed by atoms with Crippen LogP contribution in [0.25, 0.3) is 0 Å². The van der Waals surface area contributed by atoms with Crippen LogP contribution in [0, 0.1) is 5.92 Å². The minimum Gasteiger partial charge on any atom is -0.237 e. The van der Waals surface area contributed by atoms with Crippen LogP contribution in [-0.2, 0) is 13.1 Å². The lowest BCUT2D eigenvalue weighted by atomic mass is 9.87. The lowest BCUT2D eigenvalue weighted by Crippen LogP contribution is -2.32. The van der Waals surface area contributed by atoms with E-state index in [9.17, 15) is 0 Å². The molecule has 84 valence electrons. The van der Waals surface area contributed by atoms with Gasteiger partial charge in [-0.15, -0.1) is 0 Å². The monoisotopic (exact) mass is 207 g/mol. The molecule has 0 bridgehead atoms. The number of aryl methyl sites for hydroxylation is 2. The lowest BCUT2D eigenvalue weighted by molar-refractivity contribution is -0.697. The van der Waals surface area contributed by atoms with Gasteiger partial charge in [-0.25, -0.2) is 9.13 Å². The Morgan fingerprint density at radius 1 is 1.27 bits per heavy atom. The average molecular weight is 207 g/mol. The normalized spacial score (nSPS) is 18.2. The molecule has 1 aromatic rings. The molecule has 0 atom stereocenters. The molecule has 0 aromatic carbocycles. The van der Waals surface area contributed by atoms with Gasteiger partial charge in [-0.3, -0.25) is 0 Å². The Morgan fingerprint density at radius 2 is 2.07 bits per heavy atom. The van der Waals surface area contributed by atoms with Crippen molar-refractivity contribution < 1.29 is 4.57 Å². The second-order valence-electron chi connectivity index (χ2n) is 4.77. The number of aromatic nitrogens is 2. The van der Waals surface area contributed by atoms with Crippen molar-refractivity contribution >= 4 is 0 Å². The van der Waals surface area contributed by atoms with Gasteiger partial charge in [0.05, 0.1) is 13.1 Å². The Morgan fingerprint density at radius 3 is 2.73 bits per heavy atom. The van der Waals surface area contributed by atoms with E-state index in [2.05, 4.69) is 34.8 Å². The molecule has 2 nitrogen and oxygen atoms in total. The summed E-state index contributed by atoms with van der Waals surface area (Å²) in [6.07, 6.45) is 15.3. The van der Waals surface area contributed by atoms with Crippen LogP contribution in [0.1, 0.15) is 45.4 Å².